The maximum atomic E-state index is 11.1. The van der Waals surface area contributed by atoms with Crippen LogP contribution < -0.4 is 5.73 Å². The van der Waals surface area contributed by atoms with Crippen molar-refractivity contribution in [2.24, 2.45) is 12.8 Å². The van der Waals surface area contributed by atoms with Crippen molar-refractivity contribution in [3.8, 4) is 11.4 Å². The zero-order valence-electron chi connectivity index (χ0n) is 9.74. The monoisotopic (exact) mass is 217 g/mol. The molecule has 0 aromatic rings. The average molecular weight is 217 g/mol. The zero-order chi connectivity index (χ0) is 11.9. The number of primary amides is 1. The van der Waals surface area contributed by atoms with E-state index in [0.717, 1.165) is 23.5 Å². The first-order valence-corrected chi connectivity index (χ1v) is 5.30. The van der Waals surface area contributed by atoms with Gasteiger partial charge >= 0.3 is 0 Å². The largest absolute Gasteiger partial charge is 0.366 e. The molecular weight excluding hydrogens is 202 g/mol. The molecule has 0 fully saturated rings. The van der Waals surface area contributed by atoms with Gasteiger partial charge in [-0.15, -0.1) is 0 Å². The van der Waals surface area contributed by atoms with Gasteiger partial charge in [0.1, 0.15) is 0 Å². The number of nitrogens with two attached hydrogens (primary N) is 1. The lowest BCUT2D eigenvalue weighted by Crippen LogP contribution is -2.13. The molecule has 84 valence electrons. The molecule has 0 saturated carbocycles. The number of hydrogen-bond donors (Lipinski definition) is 1. The molecule has 1 amide bonds. The lowest BCUT2D eigenvalue weighted by Gasteiger charge is -2.10. The van der Waals surface area contributed by atoms with Gasteiger partial charge in [0, 0.05) is 18.9 Å². The number of pyridine rings is 1. The van der Waals surface area contributed by atoms with Crippen molar-refractivity contribution in [1.82, 2.24) is 9.55 Å². The van der Waals surface area contributed by atoms with Crippen LogP contribution in [0.2, 0.25) is 0 Å². The maximum Gasteiger partial charge on any atom is 0.250 e. The Morgan fingerprint density at radius 1 is 1.56 bits per heavy atom. The van der Waals surface area contributed by atoms with Crippen LogP contribution in [-0.4, -0.2) is 15.5 Å². The number of fused-ring (bicyclic) bond motifs is 1. The number of amides is 1. The van der Waals surface area contributed by atoms with Gasteiger partial charge in [-0.1, -0.05) is 6.92 Å². The predicted molar refractivity (Wildman–Crippen MR) is 62.5 cm³/mol. The lowest BCUT2D eigenvalue weighted by atomic mass is 10.1. The van der Waals surface area contributed by atoms with Crippen LogP contribution in [-0.2, 0) is 13.5 Å². The first-order chi connectivity index (χ1) is 7.54. The third-order valence-electron chi connectivity index (χ3n) is 2.87. The van der Waals surface area contributed by atoms with Gasteiger partial charge in [0.15, 0.2) is 0 Å². The van der Waals surface area contributed by atoms with Gasteiger partial charge in [-0.2, -0.15) is 0 Å². The van der Waals surface area contributed by atoms with Gasteiger partial charge < -0.3 is 10.3 Å². The maximum absolute atomic E-state index is 11.1. The van der Waals surface area contributed by atoms with E-state index in [-0.39, 0.29) is 0 Å². The summed E-state index contributed by atoms with van der Waals surface area (Å²) in [6.45, 7) is 4.09. The third-order valence-corrected chi connectivity index (χ3v) is 2.87. The molecule has 0 bridgehead atoms. The quantitative estimate of drug-likeness (QED) is 0.828. The Balaban J connectivity index is 2.75. The first-order valence-electron chi connectivity index (χ1n) is 5.30. The normalized spacial score (nSPS) is 10.9. The summed E-state index contributed by atoms with van der Waals surface area (Å²) >= 11 is 0. The molecular formula is C12H15N3O. The van der Waals surface area contributed by atoms with Gasteiger partial charge in [-0.05, 0) is 25.0 Å². The van der Waals surface area contributed by atoms with Crippen LogP contribution in [0.4, 0.5) is 0 Å². The van der Waals surface area contributed by atoms with Crippen LogP contribution in [0.3, 0.4) is 0 Å². The summed E-state index contributed by atoms with van der Waals surface area (Å²) in [4.78, 5) is 15.6. The predicted octanol–water partition coefficient (Wildman–Crippen LogP) is 1.49. The lowest BCUT2D eigenvalue weighted by molar-refractivity contribution is 0.0999. The van der Waals surface area contributed by atoms with Gasteiger partial charge in [-0.3, -0.25) is 9.78 Å². The Kier molecular flexibility index (Phi) is 2.42. The smallest absolute Gasteiger partial charge is 0.250 e. The molecule has 0 aliphatic carbocycles. The first kappa shape index (κ1) is 10.7. The Bertz CT molecular complexity index is 528. The van der Waals surface area contributed by atoms with E-state index in [2.05, 4.69) is 11.9 Å². The number of rotatable bonds is 2. The molecule has 2 rings (SSSR count). The summed E-state index contributed by atoms with van der Waals surface area (Å²) in [6, 6.07) is 1.75. The summed E-state index contributed by atoms with van der Waals surface area (Å²) in [5, 5.41) is 0. The van der Waals surface area contributed by atoms with E-state index in [4.69, 9.17) is 5.73 Å². The molecule has 2 heterocycles. The fraction of sp³-hybridized carbons (Fsp3) is 0.333. The van der Waals surface area contributed by atoms with Crippen LogP contribution in [0.25, 0.3) is 11.4 Å². The van der Waals surface area contributed by atoms with Crippen molar-refractivity contribution in [3.05, 3.63) is 29.1 Å². The van der Waals surface area contributed by atoms with Gasteiger partial charge in [0.2, 0.25) is 5.91 Å². The Morgan fingerprint density at radius 2 is 2.25 bits per heavy atom. The second-order valence-electron chi connectivity index (χ2n) is 3.97. The fourth-order valence-corrected chi connectivity index (χ4v) is 2.14. The summed E-state index contributed by atoms with van der Waals surface area (Å²) in [7, 11) is 1.91. The number of nitrogens with zero attached hydrogens (tertiary/aromatic N) is 2. The molecule has 0 spiro atoms. The molecule has 0 aromatic carbocycles. The minimum Gasteiger partial charge on any atom is -0.366 e. The average Bonchev–Trinajstić information content (AvgIpc) is 2.53. The second kappa shape index (κ2) is 3.63. The van der Waals surface area contributed by atoms with Crippen molar-refractivity contribution in [2.75, 3.05) is 0 Å². The van der Waals surface area contributed by atoms with E-state index in [1.807, 2.05) is 18.5 Å². The summed E-state index contributed by atoms with van der Waals surface area (Å²) in [5.41, 5.74) is 9.95. The van der Waals surface area contributed by atoms with Crippen molar-refractivity contribution in [2.45, 2.75) is 20.3 Å². The van der Waals surface area contributed by atoms with Crippen molar-refractivity contribution in [3.63, 3.8) is 0 Å². The standard InChI is InChI=1S/C12H15N3O/c1-4-9-7(2)14-10-5-8(12(13)16)6-15(3)11(9)10/h5-6H,4H2,1-3H3,(H2,13,16). The van der Waals surface area contributed by atoms with Crippen LogP contribution in [0.5, 0.6) is 0 Å². The van der Waals surface area contributed by atoms with Crippen LogP contribution in [0.1, 0.15) is 28.5 Å². The van der Waals surface area contributed by atoms with Crippen molar-refractivity contribution >= 4 is 5.91 Å². The second-order valence-corrected chi connectivity index (χ2v) is 3.97. The Hall–Kier alpha value is -1.84. The molecule has 0 unspecified atom stereocenters. The number of carbonyl (C=O) groups excluding carboxylic acids is 1. The molecule has 16 heavy (non-hydrogen) atoms. The number of aromatic nitrogens is 2. The van der Waals surface area contributed by atoms with E-state index in [9.17, 15) is 4.79 Å². The molecule has 4 heteroatoms. The topological polar surface area (TPSA) is 60.9 Å². The number of hydrogen-bond acceptors (Lipinski definition) is 2. The molecule has 0 saturated heterocycles. The molecule has 2 N–H and O–H groups in total. The van der Waals surface area contributed by atoms with Gasteiger partial charge in [0.25, 0.3) is 0 Å². The SMILES string of the molecule is CCc1c(C)nc2cc(C(N)=O)cn(C)c1-2. The highest BCUT2D eigenvalue weighted by molar-refractivity contribution is 5.94. The van der Waals surface area contributed by atoms with E-state index in [1.165, 1.54) is 5.56 Å². The molecule has 0 aromatic heterocycles. The molecule has 2 aliphatic rings. The summed E-state index contributed by atoms with van der Waals surface area (Å²) in [6.07, 6.45) is 2.69. The van der Waals surface area contributed by atoms with Gasteiger partial charge in [-0.25, -0.2) is 0 Å². The highest BCUT2D eigenvalue weighted by Crippen LogP contribution is 2.29. The Labute approximate surface area is 94.4 Å². The number of aryl methyl sites for hydroxylation is 2. The minimum atomic E-state index is -0.420. The number of carbonyl (C=O) groups is 1. The van der Waals surface area contributed by atoms with Crippen molar-refractivity contribution < 1.29 is 4.79 Å². The minimum absolute atomic E-state index is 0.420. The summed E-state index contributed by atoms with van der Waals surface area (Å²) in [5.74, 6) is -0.420. The van der Waals surface area contributed by atoms with Crippen molar-refractivity contribution in [1.29, 1.82) is 0 Å². The van der Waals surface area contributed by atoms with E-state index < -0.39 is 5.91 Å². The van der Waals surface area contributed by atoms with E-state index in [1.54, 1.807) is 12.3 Å². The third kappa shape index (κ3) is 1.46. The van der Waals surface area contributed by atoms with Gasteiger partial charge in [0.05, 0.1) is 17.0 Å². The highest BCUT2D eigenvalue weighted by atomic mass is 16.1. The fourth-order valence-electron chi connectivity index (χ4n) is 2.14. The molecule has 4 nitrogen and oxygen atoms in total. The molecule has 0 atom stereocenters. The van der Waals surface area contributed by atoms with E-state index in [0.29, 0.717) is 5.56 Å². The van der Waals surface area contributed by atoms with Crippen LogP contribution in [0.15, 0.2) is 12.3 Å². The zero-order valence-corrected chi connectivity index (χ0v) is 9.74. The van der Waals surface area contributed by atoms with Crippen LogP contribution in [0, 0.1) is 6.92 Å². The summed E-state index contributed by atoms with van der Waals surface area (Å²) < 4.78 is 1.92. The molecule has 2 aliphatic heterocycles. The molecule has 0 radical (unpaired) electrons. The Morgan fingerprint density at radius 3 is 2.81 bits per heavy atom. The van der Waals surface area contributed by atoms with E-state index >= 15 is 0 Å². The van der Waals surface area contributed by atoms with Crippen LogP contribution >= 0.6 is 0 Å². The highest BCUT2D eigenvalue weighted by Gasteiger charge is 2.18.